The number of ether oxygens (including phenoxy) is 1. The quantitative estimate of drug-likeness (QED) is 0.476. The summed E-state index contributed by atoms with van der Waals surface area (Å²) < 4.78 is 5.10. The molecule has 1 heterocycles. The van der Waals surface area contributed by atoms with Crippen molar-refractivity contribution in [3.05, 3.63) is 70.3 Å². The Morgan fingerprint density at radius 3 is 2.63 bits per heavy atom. The summed E-state index contributed by atoms with van der Waals surface area (Å²) in [5.41, 5.74) is 0.931. The van der Waals surface area contributed by atoms with Crippen molar-refractivity contribution in [2.45, 2.75) is 19.0 Å². The molecule has 1 atom stereocenters. The van der Waals surface area contributed by atoms with Crippen molar-refractivity contribution >= 4 is 23.3 Å². The van der Waals surface area contributed by atoms with Gasteiger partial charge in [0.2, 0.25) is 5.91 Å². The minimum Gasteiger partial charge on any atom is -0.463 e. The van der Waals surface area contributed by atoms with Crippen LogP contribution < -0.4 is 5.32 Å². The van der Waals surface area contributed by atoms with Crippen molar-refractivity contribution in [2.75, 3.05) is 18.5 Å². The molecule has 0 radical (unpaired) electrons. The molecule has 0 bridgehead atoms. The molecule has 140 valence electrons. The first-order valence-corrected chi connectivity index (χ1v) is 8.52. The first-order valence-electron chi connectivity index (χ1n) is 8.52. The summed E-state index contributed by atoms with van der Waals surface area (Å²) in [6, 6.07) is 14.8. The number of hydrogen-bond donors (Lipinski definition) is 1. The van der Waals surface area contributed by atoms with E-state index in [-0.39, 0.29) is 24.4 Å². The van der Waals surface area contributed by atoms with Crippen LogP contribution in [0.3, 0.4) is 0 Å². The number of nitro groups is 1. The van der Waals surface area contributed by atoms with Gasteiger partial charge in [-0.2, -0.15) is 0 Å². The zero-order valence-electron chi connectivity index (χ0n) is 14.5. The Balaban J connectivity index is 1.70. The van der Waals surface area contributed by atoms with E-state index in [2.05, 4.69) is 5.32 Å². The van der Waals surface area contributed by atoms with E-state index in [1.54, 1.807) is 6.07 Å². The molecule has 3 rings (SSSR count). The highest BCUT2D eigenvalue weighted by molar-refractivity contribution is 5.96. The average Bonchev–Trinajstić information content (AvgIpc) is 2.65. The number of nitro benzene ring substituents is 1. The van der Waals surface area contributed by atoms with E-state index in [1.165, 1.54) is 18.2 Å². The Morgan fingerprint density at radius 1 is 1.19 bits per heavy atom. The van der Waals surface area contributed by atoms with Crippen LogP contribution in [0, 0.1) is 10.1 Å². The van der Waals surface area contributed by atoms with Gasteiger partial charge < -0.3 is 10.1 Å². The summed E-state index contributed by atoms with van der Waals surface area (Å²) in [6.45, 7) is 1.30. The molecule has 27 heavy (non-hydrogen) atoms. The highest BCUT2D eigenvalue weighted by Gasteiger charge is 2.33. The lowest BCUT2D eigenvalue weighted by Crippen LogP contribution is -2.49. The van der Waals surface area contributed by atoms with Gasteiger partial charge in [-0.3, -0.25) is 24.6 Å². The number of morpholine rings is 1. The number of nitrogens with one attached hydrogen (secondary N) is 1. The normalized spacial score (nSPS) is 17.2. The number of anilines is 1. The van der Waals surface area contributed by atoms with Gasteiger partial charge in [-0.25, -0.2) is 0 Å². The molecular weight excluding hydrogens is 350 g/mol. The molecule has 0 aliphatic carbocycles. The molecule has 8 nitrogen and oxygen atoms in total. The fraction of sp³-hybridized carbons (Fsp3) is 0.263. The summed E-state index contributed by atoms with van der Waals surface area (Å²) in [5.74, 6) is -0.943. The molecule has 1 N–H and O–H groups in total. The lowest BCUT2D eigenvalue weighted by molar-refractivity contribution is -0.383. The third-order valence-electron chi connectivity index (χ3n) is 4.32. The summed E-state index contributed by atoms with van der Waals surface area (Å²) in [6.07, 6.45) is -0.141. The average molecular weight is 369 g/mol. The smallest absolute Gasteiger partial charge is 0.323 e. The zero-order valence-corrected chi connectivity index (χ0v) is 14.5. The van der Waals surface area contributed by atoms with Crippen LogP contribution in [0.25, 0.3) is 0 Å². The SMILES string of the molecule is O=C(CC1C(=O)OCCN1Cc1ccccc1)Nc1ccccc1[N+](=O)[O-]. The first-order chi connectivity index (χ1) is 13.0. The third-order valence-corrected chi connectivity index (χ3v) is 4.32. The highest BCUT2D eigenvalue weighted by Crippen LogP contribution is 2.24. The van der Waals surface area contributed by atoms with Gasteiger partial charge in [0.25, 0.3) is 5.69 Å². The van der Waals surface area contributed by atoms with Crippen molar-refractivity contribution in [2.24, 2.45) is 0 Å². The maximum atomic E-state index is 12.4. The van der Waals surface area contributed by atoms with Crippen molar-refractivity contribution < 1.29 is 19.2 Å². The van der Waals surface area contributed by atoms with E-state index in [0.29, 0.717) is 13.1 Å². The van der Waals surface area contributed by atoms with Crippen LogP contribution in [0.5, 0.6) is 0 Å². The summed E-state index contributed by atoms with van der Waals surface area (Å²) in [4.78, 5) is 37.0. The lowest BCUT2D eigenvalue weighted by atomic mass is 10.1. The summed E-state index contributed by atoms with van der Waals surface area (Å²) in [5, 5.41) is 13.6. The van der Waals surface area contributed by atoms with Crippen molar-refractivity contribution in [3.8, 4) is 0 Å². The number of carbonyl (C=O) groups is 2. The number of esters is 1. The van der Waals surface area contributed by atoms with E-state index in [1.807, 2.05) is 35.2 Å². The predicted octanol–water partition coefficient (Wildman–Crippen LogP) is 2.35. The number of amides is 1. The second-order valence-corrected chi connectivity index (χ2v) is 6.17. The number of benzene rings is 2. The van der Waals surface area contributed by atoms with Crippen LogP contribution in [0.4, 0.5) is 11.4 Å². The Kier molecular flexibility index (Phi) is 5.77. The minimum atomic E-state index is -0.735. The minimum absolute atomic E-state index is 0.103. The molecule has 2 aromatic carbocycles. The molecule has 0 saturated carbocycles. The second kappa shape index (κ2) is 8.41. The van der Waals surface area contributed by atoms with E-state index in [4.69, 9.17) is 4.74 Å². The second-order valence-electron chi connectivity index (χ2n) is 6.17. The largest absolute Gasteiger partial charge is 0.463 e. The van der Waals surface area contributed by atoms with Crippen LogP contribution in [0.2, 0.25) is 0 Å². The molecular formula is C19H19N3O5. The number of cyclic esters (lactones) is 1. The van der Waals surface area contributed by atoms with Gasteiger partial charge in [0.1, 0.15) is 18.3 Å². The van der Waals surface area contributed by atoms with Gasteiger partial charge >= 0.3 is 5.97 Å². The van der Waals surface area contributed by atoms with Crippen LogP contribution in [-0.4, -0.2) is 40.9 Å². The lowest BCUT2D eigenvalue weighted by Gasteiger charge is -2.33. The topological polar surface area (TPSA) is 102 Å². The molecule has 2 aromatic rings. The number of para-hydroxylation sites is 2. The fourth-order valence-electron chi connectivity index (χ4n) is 3.00. The van der Waals surface area contributed by atoms with E-state index >= 15 is 0 Å². The van der Waals surface area contributed by atoms with Crippen LogP contribution in [0.15, 0.2) is 54.6 Å². The first kappa shape index (κ1) is 18.5. The Bertz CT molecular complexity index is 840. The highest BCUT2D eigenvalue weighted by atomic mass is 16.6. The monoisotopic (exact) mass is 369 g/mol. The Morgan fingerprint density at radius 2 is 1.89 bits per heavy atom. The van der Waals surface area contributed by atoms with Crippen molar-refractivity contribution in [3.63, 3.8) is 0 Å². The summed E-state index contributed by atoms with van der Waals surface area (Å²) >= 11 is 0. The van der Waals surface area contributed by atoms with Gasteiger partial charge in [-0.1, -0.05) is 42.5 Å². The van der Waals surface area contributed by atoms with Gasteiger partial charge in [-0.05, 0) is 11.6 Å². The predicted molar refractivity (Wildman–Crippen MR) is 97.9 cm³/mol. The van der Waals surface area contributed by atoms with Crippen molar-refractivity contribution in [1.29, 1.82) is 0 Å². The van der Waals surface area contributed by atoms with Crippen molar-refractivity contribution in [1.82, 2.24) is 4.90 Å². The maximum absolute atomic E-state index is 12.4. The Hall–Kier alpha value is -3.26. The van der Waals surface area contributed by atoms with Crippen LogP contribution in [0.1, 0.15) is 12.0 Å². The Labute approximate surface area is 155 Å². The number of hydrogen-bond acceptors (Lipinski definition) is 6. The van der Waals surface area contributed by atoms with Crippen LogP contribution in [-0.2, 0) is 20.9 Å². The third kappa shape index (κ3) is 4.68. The number of nitrogens with zero attached hydrogens (tertiary/aromatic N) is 2. The number of rotatable bonds is 6. The van der Waals surface area contributed by atoms with Gasteiger partial charge in [0.15, 0.2) is 0 Å². The standard InChI is InChI=1S/C19H19N3O5/c23-18(20-15-8-4-5-9-16(15)22(25)26)12-17-19(24)27-11-10-21(17)13-14-6-2-1-3-7-14/h1-9,17H,10-13H2,(H,20,23). The molecule has 0 spiro atoms. The molecule has 8 heteroatoms. The molecule has 1 saturated heterocycles. The summed E-state index contributed by atoms with van der Waals surface area (Å²) in [7, 11) is 0. The molecule has 1 aliphatic heterocycles. The van der Waals surface area contributed by atoms with Crippen LogP contribution >= 0.6 is 0 Å². The molecule has 0 aromatic heterocycles. The van der Waals surface area contributed by atoms with Gasteiger partial charge in [0, 0.05) is 19.2 Å². The van der Waals surface area contributed by atoms with E-state index in [9.17, 15) is 19.7 Å². The molecule has 1 unspecified atom stereocenters. The van der Waals surface area contributed by atoms with E-state index < -0.39 is 22.8 Å². The van der Waals surface area contributed by atoms with Gasteiger partial charge in [0.05, 0.1) is 11.3 Å². The van der Waals surface area contributed by atoms with Gasteiger partial charge in [-0.15, -0.1) is 0 Å². The fourth-order valence-corrected chi connectivity index (χ4v) is 3.00. The molecule has 1 fully saturated rings. The molecule has 1 aliphatic rings. The zero-order chi connectivity index (χ0) is 19.2. The number of carbonyl (C=O) groups excluding carboxylic acids is 2. The maximum Gasteiger partial charge on any atom is 0.323 e. The molecule has 1 amide bonds. The van der Waals surface area contributed by atoms with E-state index in [0.717, 1.165) is 5.56 Å².